The topological polar surface area (TPSA) is 83.5 Å². The molecular formula is C11H12F3NO4S. The molecule has 112 valence electrons. The summed E-state index contributed by atoms with van der Waals surface area (Å²) in [5, 5.41) is 8.62. The minimum absolute atomic E-state index is 0.261. The summed E-state index contributed by atoms with van der Waals surface area (Å²) in [6.45, 7) is 2.24. The van der Waals surface area contributed by atoms with Crippen LogP contribution in [0.25, 0.3) is 0 Å². The molecule has 2 N–H and O–H groups in total. The number of aliphatic carboxylic acids is 1. The van der Waals surface area contributed by atoms with Crippen LogP contribution in [0.2, 0.25) is 0 Å². The second kappa shape index (κ2) is 5.41. The van der Waals surface area contributed by atoms with Crippen LogP contribution in [0.5, 0.6) is 0 Å². The lowest BCUT2D eigenvalue weighted by Crippen LogP contribution is -2.38. The van der Waals surface area contributed by atoms with Crippen LogP contribution in [0.1, 0.15) is 18.1 Å². The van der Waals surface area contributed by atoms with Gasteiger partial charge < -0.3 is 5.11 Å². The standard InChI is InChI=1S/C11H12F3NO4S/c1-6-5-8(3-4-9(6)11(12,13)14)20(18,19)15-7(2)10(16)17/h3-5,7,15H,1-2H3,(H,16,17)/t7-/m1/s1. The third kappa shape index (κ3) is 3.70. The maximum atomic E-state index is 12.6. The van der Waals surface area contributed by atoms with Gasteiger partial charge in [-0.05, 0) is 37.6 Å². The highest BCUT2D eigenvalue weighted by Crippen LogP contribution is 2.32. The Labute approximate surface area is 113 Å². The molecule has 0 aromatic heterocycles. The Bertz CT molecular complexity index is 625. The van der Waals surface area contributed by atoms with Gasteiger partial charge in [0, 0.05) is 0 Å². The van der Waals surface area contributed by atoms with Crippen molar-refractivity contribution in [3.8, 4) is 0 Å². The van der Waals surface area contributed by atoms with Gasteiger partial charge in [-0.2, -0.15) is 17.9 Å². The van der Waals surface area contributed by atoms with Crippen molar-refractivity contribution in [2.24, 2.45) is 0 Å². The maximum absolute atomic E-state index is 12.6. The van der Waals surface area contributed by atoms with E-state index in [1.807, 2.05) is 4.72 Å². The van der Waals surface area contributed by atoms with Crippen molar-refractivity contribution in [3.63, 3.8) is 0 Å². The van der Waals surface area contributed by atoms with Crippen molar-refractivity contribution in [1.29, 1.82) is 0 Å². The minimum Gasteiger partial charge on any atom is -0.480 e. The zero-order chi connectivity index (χ0) is 15.7. The summed E-state index contributed by atoms with van der Waals surface area (Å²) in [5.74, 6) is -1.39. The summed E-state index contributed by atoms with van der Waals surface area (Å²) in [6, 6.07) is 0.893. The Balaban J connectivity index is 3.16. The largest absolute Gasteiger partial charge is 0.480 e. The molecule has 5 nitrogen and oxygen atoms in total. The summed E-state index contributed by atoms with van der Waals surface area (Å²) >= 11 is 0. The molecule has 0 aliphatic carbocycles. The highest BCUT2D eigenvalue weighted by Gasteiger charge is 2.33. The van der Waals surface area contributed by atoms with Crippen LogP contribution in [-0.4, -0.2) is 25.5 Å². The predicted octanol–water partition coefficient (Wildman–Crippen LogP) is 1.77. The fourth-order valence-electron chi connectivity index (χ4n) is 1.47. The van der Waals surface area contributed by atoms with E-state index < -0.39 is 38.7 Å². The zero-order valence-corrected chi connectivity index (χ0v) is 11.3. The van der Waals surface area contributed by atoms with Crippen LogP contribution in [0.4, 0.5) is 13.2 Å². The number of rotatable bonds is 4. The van der Waals surface area contributed by atoms with Gasteiger partial charge >= 0.3 is 12.1 Å². The summed E-state index contributed by atoms with van der Waals surface area (Å²) in [4.78, 5) is 10.2. The first kappa shape index (κ1) is 16.4. The van der Waals surface area contributed by atoms with Gasteiger partial charge in [0.2, 0.25) is 10.0 Å². The Morgan fingerprint density at radius 1 is 1.35 bits per heavy atom. The van der Waals surface area contributed by atoms with Crippen molar-refractivity contribution >= 4 is 16.0 Å². The SMILES string of the molecule is Cc1cc(S(=O)(=O)N[C@H](C)C(=O)O)ccc1C(F)(F)F. The molecule has 0 bridgehead atoms. The number of hydrogen-bond donors (Lipinski definition) is 2. The average molecular weight is 311 g/mol. The van der Waals surface area contributed by atoms with Crippen molar-refractivity contribution in [2.45, 2.75) is 31.0 Å². The average Bonchev–Trinajstić information content (AvgIpc) is 2.26. The van der Waals surface area contributed by atoms with E-state index in [-0.39, 0.29) is 5.56 Å². The molecule has 0 aliphatic heterocycles. The van der Waals surface area contributed by atoms with E-state index in [4.69, 9.17) is 5.11 Å². The zero-order valence-electron chi connectivity index (χ0n) is 10.5. The summed E-state index contributed by atoms with van der Waals surface area (Å²) in [6.07, 6.45) is -4.58. The number of hydrogen-bond acceptors (Lipinski definition) is 3. The van der Waals surface area contributed by atoms with Crippen LogP contribution >= 0.6 is 0 Å². The number of alkyl halides is 3. The van der Waals surface area contributed by atoms with Crippen molar-refractivity contribution in [1.82, 2.24) is 4.72 Å². The van der Waals surface area contributed by atoms with Gasteiger partial charge in [-0.25, -0.2) is 8.42 Å². The molecule has 0 saturated heterocycles. The minimum atomic E-state index is -4.58. The summed E-state index contributed by atoms with van der Waals surface area (Å²) in [7, 11) is -4.19. The number of carboxylic acid groups (broad SMARTS) is 1. The number of carbonyl (C=O) groups is 1. The lowest BCUT2D eigenvalue weighted by molar-refractivity contribution is -0.139. The molecule has 0 heterocycles. The first-order valence-electron chi connectivity index (χ1n) is 5.38. The van der Waals surface area contributed by atoms with E-state index in [0.717, 1.165) is 26.0 Å². The van der Waals surface area contributed by atoms with Crippen LogP contribution < -0.4 is 4.72 Å². The molecule has 20 heavy (non-hydrogen) atoms. The van der Waals surface area contributed by atoms with Gasteiger partial charge in [-0.3, -0.25) is 4.79 Å². The Morgan fingerprint density at radius 2 is 1.90 bits per heavy atom. The van der Waals surface area contributed by atoms with Gasteiger partial charge in [0.05, 0.1) is 10.5 Å². The molecule has 1 aromatic rings. The molecule has 9 heteroatoms. The molecule has 0 spiro atoms. The highest BCUT2D eigenvalue weighted by molar-refractivity contribution is 7.89. The van der Waals surface area contributed by atoms with Crippen LogP contribution in [0.3, 0.4) is 0 Å². The van der Waals surface area contributed by atoms with E-state index in [1.165, 1.54) is 0 Å². The van der Waals surface area contributed by atoms with Crippen molar-refractivity contribution in [2.75, 3.05) is 0 Å². The van der Waals surface area contributed by atoms with E-state index in [0.29, 0.717) is 6.07 Å². The Morgan fingerprint density at radius 3 is 2.30 bits per heavy atom. The number of halogens is 3. The summed E-state index contributed by atoms with van der Waals surface area (Å²) < 4.78 is 63.1. The lowest BCUT2D eigenvalue weighted by Gasteiger charge is -2.13. The van der Waals surface area contributed by atoms with Gasteiger partial charge in [-0.1, -0.05) is 0 Å². The molecule has 1 aromatic carbocycles. The second-order valence-electron chi connectivity index (χ2n) is 4.16. The Hall–Kier alpha value is -1.61. The fraction of sp³-hybridized carbons (Fsp3) is 0.364. The molecular weight excluding hydrogens is 299 g/mol. The van der Waals surface area contributed by atoms with E-state index in [2.05, 4.69) is 0 Å². The molecule has 1 rings (SSSR count). The molecule has 0 radical (unpaired) electrons. The van der Waals surface area contributed by atoms with Gasteiger partial charge in [-0.15, -0.1) is 0 Å². The highest BCUT2D eigenvalue weighted by atomic mass is 32.2. The smallest absolute Gasteiger partial charge is 0.416 e. The molecule has 0 saturated carbocycles. The monoisotopic (exact) mass is 311 g/mol. The van der Waals surface area contributed by atoms with Gasteiger partial charge in [0.25, 0.3) is 0 Å². The molecule has 0 aliphatic rings. The number of aryl methyl sites for hydroxylation is 1. The van der Waals surface area contributed by atoms with Crippen molar-refractivity contribution in [3.05, 3.63) is 29.3 Å². The first-order valence-corrected chi connectivity index (χ1v) is 6.86. The second-order valence-corrected chi connectivity index (χ2v) is 5.87. The quantitative estimate of drug-likeness (QED) is 0.887. The molecule has 0 fully saturated rings. The fourth-order valence-corrected chi connectivity index (χ4v) is 2.75. The molecule has 0 amide bonds. The maximum Gasteiger partial charge on any atom is 0.416 e. The number of benzene rings is 1. The summed E-state index contributed by atoms with van der Waals surface area (Å²) in [5.41, 5.74) is -1.20. The third-order valence-corrected chi connectivity index (χ3v) is 4.05. The number of carboxylic acids is 1. The van der Waals surface area contributed by atoms with Crippen LogP contribution in [0, 0.1) is 6.92 Å². The third-order valence-electron chi connectivity index (χ3n) is 2.52. The van der Waals surface area contributed by atoms with Gasteiger partial charge in [0.1, 0.15) is 6.04 Å². The van der Waals surface area contributed by atoms with Crippen LogP contribution in [0.15, 0.2) is 23.1 Å². The first-order chi connectivity index (χ1) is 8.95. The predicted molar refractivity (Wildman–Crippen MR) is 63.6 cm³/mol. The Kier molecular flexibility index (Phi) is 4.45. The van der Waals surface area contributed by atoms with Crippen LogP contribution in [-0.2, 0) is 21.0 Å². The number of sulfonamides is 1. The molecule has 0 unspecified atom stereocenters. The van der Waals surface area contributed by atoms with Gasteiger partial charge in [0.15, 0.2) is 0 Å². The van der Waals surface area contributed by atoms with E-state index in [1.54, 1.807) is 0 Å². The molecule has 1 atom stereocenters. The lowest BCUT2D eigenvalue weighted by atomic mass is 10.1. The van der Waals surface area contributed by atoms with E-state index in [9.17, 15) is 26.4 Å². The number of nitrogens with one attached hydrogen (secondary N) is 1. The van der Waals surface area contributed by atoms with Crippen molar-refractivity contribution < 1.29 is 31.5 Å². The van der Waals surface area contributed by atoms with E-state index >= 15 is 0 Å². The normalized spacial score (nSPS) is 14.1.